The predicted molar refractivity (Wildman–Crippen MR) is 97.1 cm³/mol. The van der Waals surface area contributed by atoms with Gasteiger partial charge < -0.3 is 16.0 Å². The van der Waals surface area contributed by atoms with E-state index in [9.17, 15) is 0 Å². The third-order valence-electron chi connectivity index (χ3n) is 3.93. The van der Waals surface area contributed by atoms with Crippen LogP contribution in [0.25, 0.3) is 21.8 Å². The average molecular weight is 368 g/mol. The number of fused-ring (bicyclic) bond motifs is 3. The fourth-order valence-corrected chi connectivity index (χ4v) is 3.10. The average Bonchev–Trinajstić information content (AvgIpc) is 2.93. The number of nitrogen functional groups attached to an aromatic ring is 2. The number of halogens is 1. The van der Waals surface area contributed by atoms with Gasteiger partial charge in [0.2, 0.25) is 5.95 Å². The second-order valence-corrected chi connectivity index (χ2v) is 6.35. The molecule has 4 rings (SSSR count). The summed E-state index contributed by atoms with van der Waals surface area (Å²) in [6.45, 7) is 0.790. The summed E-state index contributed by atoms with van der Waals surface area (Å²) in [5.41, 5.74) is 14.8. The quantitative estimate of drug-likeness (QED) is 0.567. The normalized spacial score (nSPS) is 11.3. The molecule has 0 radical (unpaired) electrons. The molecule has 0 saturated heterocycles. The van der Waals surface area contributed by atoms with Crippen molar-refractivity contribution in [2.75, 3.05) is 11.5 Å². The van der Waals surface area contributed by atoms with Crippen LogP contribution >= 0.6 is 15.9 Å². The summed E-state index contributed by atoms with van der Waals surface area (Å²) in [6, 6.07) is 14.3. The standard InChI is InChI=1S/C17H14BrN5/c18-11-3-1-10(2-4-11)9-23-8-7-12-14(23)6-5-13-15(12)21-17(20)22-16(13)19/h1-8H,9H2,(H4,19,20,21,22). The molecule has 0 spiro atoms. The Labute approximate surface area is 141 Å². The Morgan fingerprint density at radius 2 is 1.70 bits per heavy atom. The minimum absolute atomic E-state index is 0.197. The van der Waals surface area contributed by atoms with Gasteiger partial charge in [-0.25, -0.2) is 4.98 Å². The largest absolute Gasteiger partial charge is 0.383 e. The van der Waals surface area contributed by atoms with Crippen LogP contribution < -0.4 is 11.5 Å². The Bertz CT molecular complexity index is 1020. The summed E-state index contributed by atoms with van der Waals surface area (Å²) >= 11 is 3.46. The van der Waals surface area contributed by atoms with Gasteiger partial charge in [0, 0.05) is 28.0 Å². The Balaban J connectivity index is 1.86. The van der Waals surface area contributed by atoms with Crippen molar-refractivity contribution < 1.29 is 0 Å². The number of benzene rings is 2. The molecule has 2 heterocycles. The number of rotatable bonds is 2. The van der Waals surface area contributed by atoms with E-state index in [1.54, 1.807) is 0 Å². The van der Waals surface area contributed by atoms with Crippen molar-refractivity contribution in [3.63, 3.8) is 0 Å². The zero-order valence-electron chi connectivity index (χ0n) is 12.2. The van der Waals surface area contributed by atoms with E-state index in [2.05, 4.69) is 48.8 Å². The molecular weight excluding hydrogens is 354 g/mol. The molecule has 2 aromatic heterocycles. The van der Waals surface area contributed by atoms with E-state index >= 15 is 0 Å². The van der Waals surface area contributed by atoms with Gasteiger partial charge in [-0.05, 0) is 35.9 Å². The summed E-state index contributed by atoms with van der Waals surface area (Å²) in [5, 5.41) is 1.86. The zero-order valence-corrected chi connectivity index (χ0v) is 13.8. The smallest absolute Gasteiger partial charge is 0.222 e. The molecule has 0 bridgehead atoms. The van der Waals surface area contributed by atoms with Crippen LogP contribution in [0, 0.1) is 0 Å². The summed E-state index contributed by atoms with van der Waals surface area (Å²) < 4.78 is 3.26. The minimum atomic E-state index is 0.197. The SMILES string of the molecule is Nc1nc(N)c2ccc3c(ccn3Cc3ccc(Br)cc3)c2n1. The van der Waals surface area contributed by atoms with Crippen molar-refractivity contribution in [2.24, 2.45) is 0 Å². The van der Waals surface area contributed by atoms with Crippen LogP contribution in [0.3, 0.4) is 0 Å². The molecular formula is C17H14BrN5. The van der Waals surface area contributed by atoms with Crippen LogP contribution in [0.2, 0.25) is 0 Å². The first-order valence-electron chi connectivity index (χ1n) is 7.17. The molecule has 114 valence electrons. The van der Waals surface area contributed by atoms with E-state index in [0.29, 0.717) is 5.82 Å². The Morgan fingerprint density at radius 3 is 2.48 bits per heavy atom. The summed E-state index contributed by atoms with van der Waals surface area (Å²) in [4.78, 5) is 8.39. The lowest BCUT2D eigenvalue weighted by molar-refractivity contribution is 0.837. The molecule has 0 aliphatic carbocycles. The first-order valence-corrected chi connectivity index (χ1v) is 7.96. The van der Waals surface area contributed by atoms with Crippen LogP contribution in [0.1, 0.15) is 5.56 Å². The van der Waals surface area contributed by atoms with Crippen molar-refractivity contribution in [3.8, 4) is 0 Å². The number of hydrogen-bond donors (Lipinski definition) is 2. The second-order valence-electron chi connectivity index (χ2n) is 5.43. The van der Waals surface area contributed by atoms with Gasteiger partial charge in [-0.1, -0.05) is 28.1 Å². The number of nitrogens with two attached hydrogens (primary N) is 2. The van der Waals surface area contributed by atoms with E-state index in [1.165, 1.54) is 5.56 Å². The van der Waals surface area contributed by atoms with Gasteiger partial charge in [0.05, 0.1) is 11.0 Å². The van der Waals surface area contributed by atoms with Gasteiger partial charge >= 0.3 is 0 Å². The van der Waals surface area contributed by atoms with E-state index < -0.39 is 0 Å². The topological polar surface area (TPSA) is 82.7 Å². The van der Waals surface area contributed by atoms with Crippen LogP contribution in [0.4, 0.5) is 11.8 Å². The van der Waals surface area contributed by atoms with Crippen LogP contribution in [0.5, 0.6) is 0 Å². The minimum Gasteiger partial charge on any atom is -0.383 e. The highest BCUT2D eigenvalue weighted by Gasteiger charge is 2.10. The van der Waals surface area contributed by atoms with Gasteiger partial charge in [0.1, 0.15) is 5.82 Å². The van der Waals surface area contributed by atoms with Crippen molar-refractivity contribution in [1.82, 2.24) is 14.5 Å². The highest BCUT2D eigenvalue weighted by atomic mass is 79.9. The Kier molecular flexibility index (Phi) is 3.20. The van der Waals surface area contributed by atoms with Crippen molar-refractivity contribution in [3.05, 3.63) is 58.7 Å². The first kappa shape index (κ1) is 14.0. The predicted octanol–water partition coefficient (Wildman–Crippen LogP) is 3.56. The maximum atomic E-state index is 5.95. The second kappa shape index (κ2) is 5.24. The summed E-state index contributed by atoms with van der Waals surface area (Å²) in [6.07, 6.45) is 2.06. The van der Waals surface area contributed by atoms with Crippen molar-refractivity contribution >= 4 is 49.5 Å². The van der Waals surface area contributed by atoms with Gasteiger partial charge in [-0.3, -0.25) is 0 Å². The lowest BCUT2D eigenvalue weighted by atomic mass is 10.1. The van der Waals surface area contributed by atoms with Crippen molar-refractivity contribution in [2.45, 2.75) is 6.54 Å². The molecule has 4 aromatic rings. The van der Waals surface area contributed by atoms with Gasteiger partial charge in [-0.2, -0.15) is 4.98 Å². The molecule has 6 heteroatoms. The lowest BCUT2D eigenvalue weighted by Crippen LogP contribution is -2.01. The molecule has 2 aromatic carbocycles. The highest BCUT2D eigenvalue weighted by molar-refractivity contribution is 9.10. The van der Waals surface area contributed by atoms with E-state index in [4.69, 9.17) is 11.5 Å². The maximum absolute atomic E-state index is 5.95. The van der Waals surface area contributed by atoms with E-state index in [-0.39, 0.29) is 5.95 Å². The fraction of sp³-hybridized carbons (Fsp3) is 0.0588. The molecule has 0 fully saturated rings. The highest BCUT2D eigenvalue weighted by Crippen LogP contribution is 2.28. The first-order chi connectivity index (χ1) is 11.1. The molecule has 0 aliphatic rings. The Hall–Kier alpha value is -2.60. The van der Waals surface area contributed by atoms with Crippen LogP contribution in [-0.4, -0.2) is 14.5 Å². The molecule has 0 atom stereocenters. The van der Waals surface area contributed by atoms with Crippen LogP contribution in [-0.2, 0) is 6.54 Å². The van der Waals surface area contributed by atoms with Gasteiger partial charge in [-0.15, -0.1) is 0 Å². The van der Waals surface area contributed by atoms with Crippen LogP contribution in [0.15, 0.2) is 53.1 Å². The fourth-order valence-electron chi connectivity index (χ4n) is 2.83. The molecule has 0 aliphatic heterocycles. The molecule has 5 nitrogen and oxygen atoms in total. The van der Waals surface area contributed by atoms with E-state index in [1.807, 2.05) is 30.3 Å². The Morgan fingerprint density at radius 1 is 0.913 bits per heavy atom. The molecule has 0 unspecified atom stereocenters. The van der Waals surface area contributed by atoms with Gasteiger partial charge in [0.15, 0.2) is 0 Å². The molecule has 23 heavy (non-hydrogen) atoms. The summed E-state index contributed by atoms with van der Waals surface area (Å²) in [7, 11) is 0. The van der Waals surface area contributed by atoms with Crippen molar-refractivity contribution in [1.29, 1.82) is 0 Å². The number of hydrogen-bond acceptors (Lipinski definition) is 4. The van der Waals surface area contributed by atoms with Gasteiger partial charge in [0.25, 0.3) is 0 Å². The monoisotopic (exact) mass is 367 g/mol. The van der Waals surface area contributed by atoms with E-state index in [0.717, 1.165) is 32.8 Å². The zero-order chi connectivity index (χ0) is 16.0. The number of aromatic nitrogens is 3. The third kappa shape index (κ3) is 2.41. The molecule has 0 saturated carbocycles. The summed E-state index contributed by atoms with van der Waals surface area (Å²) in [5.74, 6) is 0.609. The molecule has 0 amide bonds. The maximum Gasteiger partial charge on any atom is 0.222 e. The third-order valence-corrected chi connectivity index (χ3v) is 4.46. The number of anilines is 2. The lowest BCUT2D eigenvalue weighted by Gasteiger charge is -2.08. The number of nitrogens with zero attached hydrogens (tertiary/aromatic N) is 3. The molecule has 4 N–H and O–H groups in total.